The van der Waals surface area contributed by atoms with Gasteiger partial charge in [-0.3, -0.25) is 4.98 Å². The zero-order valence-electron chi connectivity index (χ0n) is 11.3. The molecule has 0 aliphatic heterocycles. The summed E-state index contributed by atoms with van der Waals surface area (Å²) in [7, 11) is 0. The SMILES string of the molecule is CCCNC(c1cscc1Br)c1ccncc1CC. The Morgan fingerprint density at radius 1 is 1.32 bits per heavy atom. The van der Waals surface area contributed by atoms with E-state index in [1.807, 2.05) is 12.4 Å². The number of thiophene rings is 1. The molecule has 1 unspecified atom stereocenters. The number of halogens is 1. The Hall–Kier alpha value is -0.710. The normalized spacial score (nSPS) is 12.6. The second-order valence-corrected chi connectivity index (χ2v) is 6.09. The van der Waals surface area contributed by atoms with E-state index in [9.17, 15) is 0 Å². The van der Waals surface area contributed by atoms with Crippen molar-refractivity contribution in [1.82, 2.24) is 10.3 Å². The monoisotopic (exact) mass is 338 g/mol. The first kappa shape index (κ1) is 14.7. The molecule has 1 N–H and O–H groups in total. The van der Waals surface area contributed by atoms with Gasteiger partial charge in [0.2, 0.25) is 0 Å². The van der Waals surface area contributed by atoms with Crippen LogP contribution in [0.25, 0.3) is 0 Å². The highest BCUT2D eigenvalue weighted by Gasteiger charge is 2.19. The standard InChI is InChI=1S/C15H19BrN2S/c1-3-6-18-15(13-9-19-10-14(13)16)12-5-7-17-8-11(12)4-2/h5,7-10,15,18H,3-4,6H2,1-2H3. The van der Waals surface area contributed by atoms with Crippen molar-refractivity contribution < 1.29 is 0 Å². The highest BCUT2D eigenvalue weighted by atomic mass is 79.9. The largest absolute Gasteiger partial charge is 0.306 e. The van der Waals surface area contributed by atoms with Crippen molar-refractivity contribution >= 4 is 27.3 Å². The van der Waals surface area contributed by atoms with Gasteiger partial charge in [-0.15, -0.1) is 0 Å². The van der Waals surface area contributed by atoms with E-state index in [0.717, 1.165) is 19.4 Å². The molecule has 1 atom stereocenters. The minimum atomic E-state index is 0.249. The van der Waals surface area contributed by atoms with E-state index < -0.39 is 0 Å². The average molecular weight is 339 g/mol. The lowest BCUT2D eigenvalue weighted by Crippen LogP contribution is -2.24. The fourth-order valence-corrected chi connectivity index (χ4v) is 3.74. The molecule has 2 rings (SSSR count). The van der Waals surface area contributed by atoms with Crippen molar-refractivity contribution in [2.24, 2.45) is 0 Å². The molecule has 0 spiro atoms. The molecule has 0 aliphatic rings. The zero-order valence-corrected chi connectivity index (χ0v) is 13.7. The van der Waals surface area contributed by atoms with Crippen LogP contribution in [0.1, 0.15) is 43.0 Å². The third-order valence-corrected chi connectivity index (χ3v) is 4.94. The lowest BCUT2D eigenvalue weighted by Gasteiger charge is -2.21. The van der Waals surface area contributed by atoms with Crippen LogP contribution in [-0.2, 0) is 6.42 Å². The van der Waals surface area contributed by atoms with Crippen LogP contribution in [0.15, 0.2) is 33.7 Å². The summed E-state index contributed by atoms with van der Waals surface area (Å²) in [5, 5.41) is 8.01. The highest BCUT2D eigenvalue weighted by Crippen LogP contribution is 2.33. The van der Waals surface area contributed by atoms with E-state index in [-0.39, 0.29) is 6.04 Å². The Labute approximate surface area is 127 Å². The van der Waals surface area contributed by atoms with Gasteiger partial charge >= 0.3 is 0 Å². The van der Waals surface area contributed by atoms with Gasteiger partial charge in [0.15, 0.2) is 0 Å². The van der Waals surface area contributed by atoms with E-state index in [4.69, 9.17) is 0 Å². The average Bonchev–Trinajstić information content (AvgIpc) is 2.86. The van der Waals surface area contributed by atoms with Gasteiger partial charge in [-0.05, 0) is 63.5 Å². The quantitative estimate of drug-likeness (QED) is 0.835. The van der Waals surface area contributed by atoms with Gasteiger partial charge in [0.05, 0.1) is 6.04 Å². The first-order chi connectivity index (χ1) is 9.27. The van der Waals surface area contributed by atoms with Crippen LogP contribution in [0.2, 0.25) is 0 Å². The van der Waals surface area contributed by atoms with Crippen LogP contribution >= 0.6 is 27.3 Å². The van der Waals surface area contributed by atoms with Crippen molar-refractivity contribution in [2.75, 3.05) is 6.54 Å². The van der Waals surface area contributed by atoms with Gasteiger partial charge in [0.25, 0.3) is 0 Å². The summed E-state index contributed by atoms with van der Waals surface area (Å²) in [4.78, 5) is 4.25. The summed E-state index contributed by atoms with van der Waals surface area (Å²) >= 11 is 5.39. The fraction of sp³-hybridized carbons (Fsp3) is 0.400. The maximum absolute atomic E-state index is 4.25. The van der Waals surface area contributed by atoms with E-state index in [1.165, 1.54) is 21.2 Å². The number of hydrogen-bond acceptors (Lipinski definition) is 3. The topological polar surface area (TPSA) is 24.9 Å². The molecule has 2 heterocycles. The maximum atomic E-state index is 4.25. The molecule has 19 heavy (non-hydrogen) atoms. The third-order valence-electron chi connectivity index (χ3n) is 3.18. The molecule has 0 saturated carbocycles. The van der Waals surface area contributed by atoms with Crippen molar-refractivity contribution in [3.63, 3.8) is 0 Å². The summed E-state index contributed by atoms with van der Waals surface area (Å²) in [5.41, 5.74) is 3.97. The second kappa shape index (κ2) is 7.17. The molecule has 4 heteroatoms. The maximum Gasteiger partial charge on any atom is 0.0600 e. The smallest absolute Gasteiger partial charge is 0.0600 e. The zero-order chi connectivity index (χ0) is 13.7. The predicted molar refractivity (Wildman–Crippen MR) is 85.8 cm³/mol. The van der Waals surface area contributed by atoms with Crippen LogP contribution in [0.3, 0.4) is 0 Å². The number of nitrogens with one attached hydrogen (secondary N) is 1. The molecule has 0 aliphatic carbocycles. The summed E-state index contributed by atoms with van der Waals surface area (Å²) in [6, 6.07) is 2.38. The summed E-state index contributed by atoms with van der Waals surface area (Å²) in [6.45, 7) is 5.39. The molecule has 0 fully saturated rings. The van der Waals surface area contributed by atoms with Crippen LogP contribution in [0, 0.1) is 0 Å². The Balaban J connectivity index is 2.40. The Morgan fingerprint density at radius 2 is 2.16 bits per heavy atom. The number of pyridine rings is 1. The van der Waals surface area contributed by atoms with E-state index >= 15 is 0 Å². The number of hydrogen-bond donors (Lipinski definition) is 1. The van der Waals surface area contributed by atoms with Gasteiger partial charge < -0.3 is 5.32 Å². The number of aromatic nitrogens is 1. The number of nitrogens with zero attached hydrogens (tertiary/aromatic N) is 1. The van der Waals surface area contributed by atoms with Crippen LogP contribution < -0.4 is 5.32 Å². The molecular formula is C15H19BrN2S. The molecule has 0 radical (unpaired) electrons. The Kier molecular flexibility index (Phi) is 5.55. The lowest BCUT2D eigenvalue weighted by atomic mass is 9.96. The molecule has 2 aromatic rings. The van der Waals surface area contributed by atoms with Crippen molar-refractivity contribution in [3.05, 3.63) is 50.4 Å². The second-order valence-electron chi connectivity index (χ2n) is 4.49. The molecule has 2 nitrogen and oxygen atoms in total. The van der Waals surface area contributed by atoms with E-state index in [2.05, 4.69) is 56.9 Å². The third kappa shape index (κ3) is 3.44. The molecule has 0 saturated heterocycles. The van der Waals surface area contributed by atoms with E-state index in [1.54, 1.807) is 11.3 Å². The van der Waals surface area contributed by atoms with Crippen molar-refractivity contribution in [3.8, 4) is 0 Å². The first-order valence-corrected chi connectivity index (χ1v) is 8.39. The number of rotatable bonds is 6. The van der Waals surface area contributed by atoms with Gasteiger partial charge in [0, 0.05) is 22.2 Å². The summed E-state index contributed by atoms with van der Waals surface area (Å²) in [6.07, 6.45) is 6.01. The molecule has 102 valence electrons. The molecule has 0 aromatic carbocycles. The summed E-state index contributed by atoms with van der Waals surface area (Å²) < 4.78 is 1.19. The van der Waals surface area contributed by atoms with Crippen LogP contribution in [0.4, 0.5) is 0 Å². The Morgan fingerprint density at radius 3 is 2.79 bits per heavy atom. The lowest BCUT2D eigenvalue weighted by molar-refractivity contribution is 0.594. The fourth-order valence-electron chi connectivity index (χ4n) is 2.19. The van der Waals surface area contributed by atoms with Gasteiger partial charge in [-0.2, -0.15) is 11.3 Å². The molecular weight excluding hydrogens is 320 g/mol. The molecule has 0 amide bonds. The van der Waals surface area contributed by atoms with Gasteiger partial charge in [0.1, 0.15) is 0 Å². The highest BCUT2D eigenvalue weighted by molar-refractivity contribution is 9.10. The predicted octanol–water partition coefficient (Wildman–Crippen LogP) is 4.56. The van der Waals surface area contributed by atoms with Crippen LogP contribution in [0.5, 0.6) is 0 Å². The van der Waals surface area contributed by atoms with Crippen molar-refractivity contribution in [1.29, 1.82) is 0 Å². The van der Waals surface area contributed by atoms with E-state index in [0.29, 0.717) is 0 Å². The number of aryl methyl sites for hydroxylation is 1. The van der Waals surface area contributed by atoms with Crippen molar-refractivity contribution in [2.45, 2.75) is 32.7 Å². The summed E-state index contributed by atoms with van der Waals surface area (Å²) in [5.74, 6) is 0. The van der Waals surface area contributed by atoms with Gasteiger partial charge in [-0.1, -0.05) is 13.8 Å². The first-order valence-electron chi connectivity index (χ1n) is 6.65. The Bertz CT molecular complexity index is 524. The minimum Gasteiger partial charge on any atom is -0.306 e. The molecule has 2 aromatic heterocycles. The van der Waals surface area contributed by atoms with Gasteiger partial charge in [-0.25, -0.2) is 0 Å². The van der Waals surface area contributed by atoms with Crippen LogP contribution in [-0.4, -0.2) is 11.5 Å². The minimum absolute atomic E-state index is 0.249. The molecule has 0 bridgehead atoms.